The molecule has 0 aliphatic carbocycles. The van der Waals surface area contributed by atoms with Crippen molar-refractivity contribution in [2.75, 3.05) is 37.7 Å². The van der Waals surface area contributed by atoms with E-state index in [9.17, 15) is 23.3 Å². The van der Waals surface area contributed by atoms with Gasteiger partial charge >= 0.3 is 0 Å². The molecule has 160 valence electrons. The molecule has 1 aliphatic heterocycles. The molecule has 0 spiro atoms. The van der Waals surface area contributed by atoms with Crippen molar-refractivity contribution >= 4 is 27.3 Å². The van der Waals surface area contributed by atoms with E-state index in [0.717, 1.165) is 5.56 Å². The number of rotatable bonds is 7. The Balaban J connectivity index is 1.70. The van der Waals surface area contributed by atoms with Gasteiger partial charge in [0.1, 0.15) is 0 Å². The summed E-state index contributed by atoms with van der Waals surface area (Å²) in [4.78, 5) is 25.4. The molecule has 2 aromatic carbocycles. The van der Waals surface area contributed by atoms with Gasteiger partial charge in [0.15, 0.2) is 0 Å². The zero-order chi connectivity index (χ0) is 21.7. The van der Waals surface area contributed by atoms with Crippen molar-refractivity contribution in [1.82, 2.24) is 5.32 Å². The number of anilines is 1. The summed E-state index contributed by atoms with van der Waals surface area (Å²) < 4.78 is 27.9. The molecule has 0 bridgehead atoms. The number of hydrogen-bond acceptors (Lipinski definition) is 7. The summed E-state index contributed by atoms with van der Waals surface area (Å²) in [5.74, 6) is -0.415. The quantitative estimate of drug-likeness (QED) is 0.489. The topological polar surface area (TPSA) is 145 Å². The number of carbonyl (C=O) groups excluding carboxylic acids is 1. The molecule has 3 N–H and O–H groups in total. The molecular formula is C19H22N4O6S. The Morgan fingerprint density at radius 1 is 1.17 bits per heavy atom. The van der Waals surface area contributed by atoms with Gasteiger partial charge in [-0.05, 0) is 30.2 Å². The van der Waals surface area contributed by atoms with E-state index in [2.05, 4.69) is 5.32 Å². The SMILES string of the molecule is NS(=O)(=O)c1ccc(CCNC(=O)c2cc([N+](=O)[O-])ccc2N2CCOCC2)cc1. The number of hydrogen-bond donors (Lipinski definition) is 2. The van der Waals surface area contributed by atoms with Crippen LogP contribution in [0.15, 0.2) is 47.4 Å². The second-order valence-corrected chi connectivity index (χ2v) is 8.31. The Kier molecular flexibility index (Phi) is 6.65. The van der Waals surface area contributed by atoms with E-state index in [1.54, 1.807) is 18.2 Å². The van der Waals surface area contributed by atoms with Crippen LogP contribution < -0.4 is 15.4 Å². The zero-order valence-corrected chi connectivity index (χ0v) is 16.9. The maximum absolute atomic E-state index is 12.8. The van der Waals surface area contributed by atoms with E-state index in [-0.39, 0.29) is 22.7 Å². The number of nitro groups is 1. The summed E-state index contributed by atoms with van der Waals surface area (Å²) in [5, 5.41) is 19.0. The molecule has 1 amide bonds. The molecule has 10 nitrogen and oxygen atoms in total. The van der Waals surface area contributed by atoms with Gasteiger partial charge < -0.3 is 15.0 Å². The lowest BCUT2D eigenvalue weighted by molar-refractivity contribution is -0.384. The highest BCUT2D eigenvalue weighted by Gasteiger charge is 2.22. The molecule has 1 heterocycles. The van der Waals surface area contributed by atoms with Crippen molar-refractivity contribution in [3.05, 3.63) is 63.7 Å². The maximum atomic E-state index is 12.8. The average molecular weight is 434 g/mol. The van der Waals surface area contributed by atoms with Gasteiger partial charge in [-0.1, -0.05) is 12.1 Å². The summed E-state index contributed by atoms with van der Waals surface area (Å²) in [7, 11) is -3.75. The summed E-state index contributed by atoms with van der Waals surface area (Å²) in [6, 6.07) is 10.3. The van der Waals surface area contributed by atoms with Crippen molar-refractivity contribution in [3.63, 3.8) is 0 Å². The van der Waals surface area contributed by atoms with Gasteiger partial charge in [0.25, 0.3) is 11.6 Å². The van der Waals surface area contributed by atoms with Crippen LogP contribution in [-0.4, -0.2) is 52.1 Å². The van der Waals surface area contributed by atoms with Gasteiger partial charge in [-0.2, -0.15) is 0 Å². The third kappa shape index (κ3) is 5.32. The molecule has 0 saturated carbocycles. The first-order chi connectivity index (χ1) is 14.3. The number of sulfonamides is 1. The third-order valence-electron chi connectivity index (χ3n) is 4.74. The molecular weight excluding hydrogens is 412 g/mol. The number of non-ortho nitro benzene ring substituents is 1. The van der Waals surface area contributed by atoms with Gasteiger partial charge in [-0.25, -0.2) is 13.6 Å². The molecule has 3 rings (SSSR count). The predicted octanol–water partition coefficient (Wildman–Crippen LogP) is 1.05. The number of ether oxygens (including phenoxy) is 1. The fourth-order valence-electron chi connectivity index (χ4n) is 3.16. The fourth-order valence-corrected chi connectivity index (χ4v) is 3.68. The van der Waals surface area contributed by atoms with E-state index in [1.807, 2.05) is 4.90 Å². The Bertz CT molecular complexity index is 1030. The van der Waals surface area contributed by atoms with E-state index in [1.165, 1.54) is 24.3 Å². The van der Waals surface area contributed by atoms with Crippen LogP contribution in [0.1, 0.15) is 15.9 Å². The second kappa shape index (κ2) is 9.20. The van der Waals surface area contributed by atoms with Crippen LogP contribution in [0.25, 0.3) is 0 Å². The van der Waals surface area contributed by atoms with Gasteiger partial charge in [-0.15, -0.1) is 0 Å². The zero-order valence-electron chi connectivity index (χ0n) is 16.1. The van der Waals surface area contributed by atoms with Crippen LogP contribution in [0.3, 0.4) is 0 Å². The number of nitrogens with one attached hydrogen (secondary N) is 1. The fraction of sp³-hybridized carbons (Fsp3) is 0.316. The largest absolute Gasteiger partial charge is 0.378 e. The van der Waals surface area contributed by atoms with E-state index >= 15 is 0 Å². The number of amides is 1. The smallest absolute Gasteiger partial charge is 0.270 e. The van der Waals surface area contributed by atoms with Crippen molar-refractivity contribution in [1.29, 1.82) is 0 Å². The molecule has 0 atom stereocenters. The molecule has 30 heavy (non-hydrogen) atoms. The predicted molar refractivity (Wildman–Crippen MR) is 110 cm³/mol. The minimum absolute atomic E-state index is 0.0158. The summed E-state index contributed by atoms with van der Waals surface area (Å²) in [6.45, 7) is 2.50. The molecule has 1 saturated heterocycles. The molecule has 0 unspecified atom stereocenters. The van der Waals surface area contributed by atoms with Crippen molar-refractivity contribution < 1.29 is 22.9 Å². The lowest BCUT2D eigenvalue weighted by atomic mass is 10.1. The lowest BCUT2D eigenvalue weighted by Gasteiger charge is -2.30. The standard InChI is InChI=1S/C19H22N4O6S/c20-30(27,28)16-4-1-14(2-5-16)7-8-21-19(24)17-13-15(23(25)26)3-6-18(17)22-9-11-29-12-10-22/h1-6,13H,7-12H2,(H,21,24)(H2,20,27,28). The van der Waals surface area contributed by atoms with Crippen LogP contribution in [-0.2, 0) is 21.2 Å². The van der Waals surface area contributed by atoms with Crippen LogP contribution in [0, 0.1) is 10.1 Å². The van der Waals surface area contributed by atoms with E-state index in [4.69, 9.17) is 9.88 Å². The Morgan fingerprint density at radius 3 is 2.43 bits per heavy atom. The lowest BCUT2D eigenvalue weighted by Crippen LogP contribution is -2.38. The Labute approximate surface area is 173 Å². The molecule has 0 aromatic heterocycles. The van der Waals surface area contributed by atoms with Crippen LogP contribution in [0.4, 0.5) is 11.4 Å². The number of morpholine rings is 1. The number of carbonyl (C=O) groups is 1. The highest BCUT2D eigenvalue weighted by Crippen LogP contribution is 2.26. The van der Waals surface area contributed by atoms with Gasteiger partial charge in [0.2, 0.25) is 10.0 Å². The number of nitrogens with two attached hydrogens (primary N) is 1. The first-order valence-corrected chi connectivity index (χ1v) is 10.8. The first kappa shape index (κ1) is 21.7. The van der Waals surface area contributed by atoms with Gasteiger partial charge in [-0.3, -0.25) is 14.9 Å². The van der Waals surface area contributed by atoms with Crippen molar-refractivity contribution in [3.8, 4) is 0 Å². The molecule has 0 radical (unpaired) electrons. The summed E-state index contributed by atoms with van der Waals surface area (Å²) in [6.07, 6.45) is 0.457. The average Bonchev–Trinajstić information content (AvgIpc) is 2.73. The van der Waals surface area contributed by atoms with Crippen LogP contribution in [0.5, 0.6) is 0 Å². The maximum Gasteiger partial charge on any atom is 0.270 e. The van der Waals surface area contributed by atoms with Gasteiger partial charge in [0.05, 0.1) is 34.3 Å². The molecule has 1 fully saturated rings. The van der Waals surface area contributed by atoms with E-state index < -0.39 is 20.9 Å². The summed E-state index contributed by atoms with van der Waals surface area (Å²) in [5.41, 5.74) is 1.51. The van der Waals surface area contributed by atoms with Gasteiger partial charge in [0, 0.05) is 31.8 Å². The minimum Gasteiger partial charge on any atom is -0.378 e. The summed E-state index contributed by atoms with van der Waals surface area (Å²) >= 11 is 0. The number of nitro benzene ring substituents is 1. The number of benzene rings is 2. The van der Waals surface area contributed by atoms with Crippen molar-refractivity contribution in [2.45, 2.75) is 11.3 Å². The number of nitrogens with zero attached hydrogens (tertiary/aromatic N) is 2. The number of primary sulfonamides is 1. The van der Waals surface area contributed by atoms with Crippen LogP contribution >= 0.6 is 0 Å². The molecule has 11 heteroatoms. The van der Waals surface area contributed by atoms with Crippen molar-refractivity contribution in [2.24, 2.45) is 5.14 Å². The molecule has 1 aliphatic rings. The van der Waals surface area contributed by atoms with E-state index in [0.29, 0.717) is 38.4 Å². The van der Waals surface area contributed by atoms with Crippen LogP contribution in [0.2, 0.25) is 0 Å². The highest BCUT2D eigenvalue weighted by molar-refractivity contribution is 7.89. The first-order valence-electron chi connectivity index (χ1n) is 9.27. The highest BCUT2D eigenvalue weighted by atomic mass is 32.2. The third-order valence-corrected chi connectivity index (χ3v) is 5.67. The molecule has 2 aromatic rings. The minimum atomic E-state index is -3.75. The Morgan fingerprint density at radius 2 is 1.83 bits per heavy atom. The normalized spacial score (nSPS) is 14.4. The second-order valence-electron chi connectivity index (χ2n) is 6.75. The Hall–Kier alpha value is -3.02. The monoisotopic (exact) mass is 434 g/mol.